The van der Waals surface area contributed by atoms with Crippen molar-refractivity contribution in [3.63, 3.8) is 0 Å². The van der Waals surface area contributed by atoms with E-state index in [2.05, 4.69) is 27.8 Å². The van der Waals surface area contributed by atoms with Crippen molar-refractivity contribution in [1.29, 1.82) is 0 Å². The van der Waals surface area contributed by atoms with Gasteiger partial charge in [-0.2, -0.15) is 0 Å². The molecule has 0 aliphatic carbocycles. The van der Waals surface area contributed by atoms with Gasteiger partial charge in [-0.1, -0.05) is 30.3 Å². The van der Waals surface area contributed by atoms with Gasteiger partial charge < -0.3 is 25.0 Å². The van der Waals surface area contributed by atoms with E-state index >= 15 is 0 Å². The van der Waals surface area contributed by atoms with Crippen LogP contribution in [0, 0.1) is 5.92 Å². The number of carbonyl (C=O) groups excluding carboxylic acids is 1. The summed E-state index contributed by atoms with van der Waals surface area (Å²) < 4.78 is 11.1. The number of likely N-dealkylation sites (tertiary alicyclic amines) is 1. The Bertz CT molecular complexity index is 877. The molecule has 2 N–H and O–H groups in total. The summed E-state index contributed by atoms with van der Waals surface area (Å²) in [5, 5.41) is 6.64. The number of carbonyl (C=O) groups is 1. The molecule has 2 atom stereocenters. The lowest BCUT2D eigenvalue weighted by Gasteiger charge is -2.19. The van der Waals surface area contributed by atoms with Crippen LogP contribution >= 0.6 is 24.0 Å². The Kier molecular flexibility index (Phi) is 11.3. The Balaban J connectivity index is 0.00000385. The number of hydrogen-bond acceptors (Lipinski definition) is 4. The molecule has 0 saturated carbocycles. The fourth-order valence-corrected chi connectivity index (χ4v) is 3.75. The molecule has 1 aliphatic rings. The molecule has 33 heavy (non-hydrogen) atoms. The van der Waals surface area contributed by atoms with Gasteiger partial charge in [0.2, 0.25) is 5.91 Å². The van der Waals surface area contributed by atoms with E-state index in [9.17, 15) is 4.79 Å². The maximum atomic E-state index is 12.4. The predicted molar refractivity (Wildman–Crippen MR) is 143 cm³/mol. The van der Waals surface area contributed by atoms with Gasteiger partial charge in [-0.05, 0) is 43.2 Å². The summed E-state index contributed by atoms with van der Waals surface area (Å²) in [7, 11) is 3.39. The zero-order valence-electron chi connectivity index (χ0n) is 19.6. The van der Waals surface area contributed by atoms with Gasteiger partial charge in [-0.25, -0.2) is 0 Å². The third-order valence-corrected chi connectivity index (χ3v) is 5.54. The van der Waals surface area contributed by atoms with Crippen molar-refractivity contribution >= 4 is 35.8 Å². The zero-order valence-corrected chi connectivity index (χ0v) is 22.0. The minimum absolute atomic E-state index is 0. The van der Waals surface area contributed by atoms with Crippen LogP contribution in [0.5, 0.6) is 11.5 Å². The standard InChI is InChI=1S/C25H34N4O3.HI/c1-19(32-23-11-9-22(31-3)10-12-23)16-27-25(26-2)28-17-21-15-24(30)29(18-21)14-13-20-7-5-4-6-8-20;/h4-12,19,21H,13-18H2,1-3H3,(H2,26,27,28);1H. The van der Waals surface area contributed by atoms with Gasteiger partial charge in [0.1, 0.15) is 17.6 Å². The first-order valence-electron chi connectivity index (χ1n) is 11.1. The fraction of sp³-hybridized carbons (Fsp3) is 0.440. The molecule has 0 bridgehead atoms. The van der Waals surface area contributed by atoms with Crippen molar-refractivity contribution in [2.45, 2.75) is 25.9 Å². The van der Waals surface area contributed by atoms with Crippen LogP contribution in [0.4, 0.5) is 0 Å². The van der Waals surface area contributed by atoms with Crippen LogP contribution < -0.4 is 20.1 Å². The van der Waals surface area contributed by atoms with Crippen molar-refractivity contribution in [2.75, 3.05) is 40.3 Å². The van der Waals surface area contributed by atoms with Crippen LogP contribution in [0.15, 0.2) is 59.6 Å². The third-order valence-electron chi connectivity index (χ3n) is 5.54. The maximum absolute atomic E-state index is 12.4. The van der Waals surface area contributed by atoms with E-state index < -0.39 is 0 Å². The lowest BCUT2D eigenvalue weighted by molar-refractivity contribution is -0.127. The van der Waals surface area contributed by atoms with Gasteiger partial charge in [-0.3, -0.25) is 9.79 Å². The van der Waals surface area contributed by atoms with Gasteiger partial charge in [0, 0.05) is 39.0 Å². The first-order valence-corrected chi connectivity index (χ1v) is 11.1. The van der Waals surface area contributed by atoms with Gasteiger partial charge in [0.25, 0.3) is 0 Å². The minimum Gasteiger partial charge on any atom is -0.497 e. The summed E-state index contributed by atoms with van der Waals surface area (Å²) in [5.74, 6) is 2.83. The Morgan fingerprint density at radius 1 is 1.12 bits per heavy atom. The summed E-state index contributed by atoms with van der Waals surface area (Å²) in [5.41, 5.74) is 1.26. The van der Waals surface area contributed by atoms with E-state index in [0.29, 0.717) is 25.5 Å². The van der Waals surface area contributed by atoms with Crippen LogP contribution in [0.25, 0.3) is 0 Å². The zero-order chi connectivity index (χ0) is 22.8. The summed E-state index contributed by atoms with van der Waals surface area (Å²) in [6.45, 7) is 4.88. The number of guanidine groups is 1. The van der Waals surface area contributed by atoms with E-state index in [0.717, 1.165) is 31.0 Å². The Hall–Kier alpha value is -2.49. The molecule has 1 heterocycles. The van der Waals surface area contributed by atoms with E-state index in [1.54, 1.807) is 14.2 Å². The molecular formula is C25H35IN4O3. The van der Waals surface area contributed by atoms with Gasteiger partial charge in [-0.15, -0.1) is 24.0 Å². The number of ether oxygens (including phenoxy) is 2. The van der Waals surface area contributed by atoms with Crippen molar-refractivity contribution < 1.29 is 14.3 Å². The number of amides is 1. The molecule has 180 valence electrons. The summed E-state index contributed by atoms with van der Waals surface area (Å²) in [6.07, 6.45) is 1.43. The molecule has 8 heteroatoms. The number of halogens is 1. The summed E-state index contributed by atoms with van der Waals surface area (Å²) >= 11 is 0. The van der Waals surface area contributed by atoms with E-state index in [1.165, 1.54) is 5.56 Å². The van der Waals surface area contributed by atoms with Gasteiger partial charge in [0.05, 0.1) is 13.7 Å². The number of aliphatic imine (C=N–C) groups is 1. The Morgan fingerprint density at radius 3 is 2.48 bits per heavy atom. The number of benzene rings is 2. The Labute approximate surface area is 214 Å². The molecule has 7 nitrogen and oxygen atoms in total. The molecule has 0 spiro atoms. The highest BCUT2D eigenvalue weighted by molar-refractivity contribution is 14.0. The molecule has 1 saturated heterocycles. The largest absolute Gasteiger partial charge is 0.497 e. The fourth-order valence-electron chi connectivity index (χ4n) is 3.75. The van der Waals surface area contributed by atoms with Crippen molar-refractivity contribution in [3.05, 3.63) is 60.2 Å². The van der Waals surface area contributed by atoms with Crippen molar-refractivity contribution in [2.24, 2.45) is 10.9 Å². The number of methoxy groups -OCH3 is 1. The molecule has 1 fully saturated rings. The maximum Gasteiger partial charge on any atom is 0.223 e. The average molecular weight is 566 g/mol. The monoisotopic (exact) mass is 566 g/mol. The van der Waals surface area contributed by atoms with Crippen LogP contribution in [-0.4, -0.2) is 63.2 Å². The smallest absolute Gasteiger partial charge is 0.223 e. The van der Waals surface area contributed by atoms with Gasteiger partial charge in [0.15, 0.2) is 5.96 Å². The highest BCUT2D eigenvalue weighted by Crippen LogP contribution is 2.19. The van der Waals surface area contributed by atoms with E-state index in [4.69, 9.17) is 9.47 Å². The second kappa shape index (κ2) is 13.9. The molecule has 1 aliphatic heterocycles. The Morgan fingerprint density at radius 2 is 1.82 bits per heavy atom. The van der Waals surface area contributed by atoms with Crippen LogP contribution in [-0.2, 0) is 11.2 Å². The SMILES string of the molecule is CN=C(NCC1CC(=O)N(CCc2ccccc2)C1)NCC(C)Oc1ccc(OC)cc1.I. The molecule has 2 unspecified atom stereocenters. The number of nitrogens with zero attached hydrogens (tertiary/aromatic N) is 2. The molecule has 2 aromatic rings. The van der Waals surface area contributed by atoms with E-state index in [-0.39, 0.29) is 41.9 Å². The van der Waals surface area contributed by atoms with Crippen LogP contribution in [0.2, 0.25) is 0 Å². The first-order chi connectivity index (χ1) is 15.6. The summed E-state index contributed by atoms with van der Waals surface area (Å²) in [4.78, 5) is 18.6. The topological polar surface area (TPSA) is 75.2 Å². The highest BCUT2D eigenvalue weighted by Gasteiger charge is 2.29. The number of rotatable bonds is 10. The molecule has 1 amide bonds. The second-order valence-electron chi connectivity index (χ2n) is 8.08. The molecule has 0 radical (unpaired) electrons. The summed E-state index contributed by atoms with van der Waals surface area (Å²) in [6, 6.07) is 17.8. The first kappa shape index (κ1) is 26.8. The normalized spacial score (nSPS) is 16.7. The quantitative estimate of drug-likeness (QED) is 0.262. The van der Waals surface area contributed by atoms with Crippen molar-refractivity contribution in [3.8, 4) is 11.5 Å². The van der Waals surface area contributed by atoms with E-state index in [1.807, 2.05) is 54.3 Å². The second-order valence-corrected chi connectivity index (χ2v) is 8.08. The molecular weight excluding hydrogens is 531 g/mol. The molecule has 3 rings (SSSR count). The number of hydrogen-bond donors (Lipinski definition) is 2. The lowest BCUT2D eigenvalue weighted by atomic mass is 10.1. The number of nitrogens with one attached hydrogen (secondary N) is 2. The minimum atomic E-state index is -0.0384. The molecule has 2 aromatic carbocycles. The lowest BCUT2D eigenvalue weighted by Crippen LogP contribution is -2.43. The molecule has 0 aromatic heterocycles. The van der Waals surface area contributed by atoms with Crippen LogP contribution in [0.3, 0.4) is 0 Å². The van der Waals surface area contributed by atoms with Crippen LogP contribution in [0.1, 0.15) is 18.9 Å². The van der Waals surface area contributed by atoms with Gasteiger partial charge >= 0.3 is 0 Å². The van der Waals surface area contributed by atoms with Crippen molar-refractivity contribution in [1.82, 2.24) is 15.5 Å². The highest BCUT2D eigenvalue weighted by atomic mass is 127. The third kappa shape index (κ3) is 8.75. The predicted octanol–water partition coefficient (Wildman–Crippen LogP) is 3.34. The average Bonchev–Trinajstić information content (AvgIpc) is 3.18.